The zero-order chi connectivity index (χ0) is 28.3. The number of ether oxygens (including phenoxy) is 2. The summed E-state index contributed by atoms with van der Waals surface area (Å²) in [6.07, 6.45) is -0.240. The largest absolute Gasteiger partial charge is 0.573 e. The molecule has 0 saturated carbocycles. The van der Waals surface area contributed by atoms with Gasteiger partial charge in [-0.25, -0.2) is 18.5 Å². The highest BCUT2D eigenvalue weighted by Crippen LogP contribution is 2.28. The van der Waals surface area contributed by atoms with Gasteiger partial charge in [-0.2, -0.15) is 5.10 Å². The fourth-order valence-corrected chi connectivity index (χ4v) is 3.55. The van der Waals surface area contributed by atoms with E-state index in [0.29, 0.717) is 11.4 Å². The average molecular weight is 545 g/mol. The van der Waals surface area contributed by atoms with Crippen LogP contribution in [0.3, 0.4) is 0 Å². The van der Waals surface area contributed by atoms with Crippen LogP contribution in [0.2, 0.25) is 0 Å². The summed E-state index contributed by atoms with van der Waals surface area (Å²) in [6.45, 7) is 1.54. The fraction of sp³-hybridized carbons (Fsp3) is 0.115. The number of allylic oxidation sites excluding steroid dienone is 2. The van der Waals surface area contributed by atoms with Crippen molar-refractivity contribution in [2.45, 2.75) is 13.3 Å². The molecular formula is C26H20F5N5O3. The van der Waals surface area contributed by atoms with E-state index in [2.05, 4.69) is 14.8 Å². The van der Waals surface area contributed by atoms with Crippen molar-refractivity contribution in [2.75, 3.05) is 7.11 Å². The van der Waals surface area contributed by atoms with Gasteiger partial charge >= 0.3 is 6.36 Å². The Morgan fingerprint density at radius 1 is 1.08 bits per heavy atom. The average Bonchev–Trinajstić information content (AvgIpc) is 3.20. The van der Waals surface area contributed by atoms with E-state index in [9.17, 15) is 26.7 Å². The minimum Gasteiger partial charge on any atom is -0.494 e. The lowest BCUT2D eigenvalue weighted by atomic mass is 10.2. The topological polar surface area (TPSA) is 96.7 Å². The van der Waals surface area contributed by atoms with Crippen LogP contribution in [0.5, 0.6) is 11.5 Å². The van der Waals surface area contributed by atoms with Crippen molar-refractivity contribution < 1.29 is 31.4 Å². The Balaban J connectivity index is 1.79. The van der Waals surface area contributed by atoms with E-state index in [4.69, 9.17) is 10.5 Å². The third kappa shape index (κ3) is 6.50. The molecule has 0 aliphatic rings. The molecule has 0 aliphatic heterocycles. The first-order chi connectivity index (χ1) is 18.4. The minimum atomic E-state index is -4.90. The first-order valence-electron chi connectivity index (χ1n) is 11.1. The lowest BCUT2D eigenvalue weighted by Crippen LogP contribution is -2.21. The van der Waals surface area contributed by atoms with Gasteiger partial charge in [0, 0.05) is 48.2 Å². The highest BCUT2D eigenvalue weighted by molar-refractivity contribution is 6.08. The molecule has 13 heteroatoms. The number of alkyl halides is 3. The molecule has 0 unspecified atom stereocenters. The van der Waals surface area contributed by atoms with Crippen LogP contribution in [-0.4, -0.2) is 33.5 Å². The summed E-state index contributed by atoms with van der Waals surface area (Å²) < 4.78 is 76.9. The molecular weight excluding hydrogens is 525 g/mol. The number of aliphatic imine (C=N–C) groups is 1. The van der Waals surface area contributed by atoms with Gasteiger partial charge in [0.2, 0.25) is 5.43 Å². The van der Waals surface area contributed by atoms with Crippen molar-refractivity contribution in [3.8, 4) is 22.9 Å². The Kier molecular flexibility index (Phi) is 7.51. The van der Waals surface area contributed by atoms with Crippen molar-refractivity contribution in [1.82, 2.24) is 14.3 Å². The van der Waals surface area contributed by atoms with Crippen LogP contribution in [0.4, 0.5) is 27.6 Å². The van der Waals surface area contributed by atoms with Gasteiger partial charge in [-0.05, 0) is 37.3 Å². The predicted octanol–water partition coefficient (Wildman–Crippen LogP) is 5.19. The smallest absolute Gasteiger partial charge is 0.494 e. The van der Waals surface area contributed by atoms with E-state index in [0.717, 1.165) is 24.5 Å². The lowest BCUT2D eigenvalue weighted by Gasteiger charge is -2.14. The van der Waals surface area contributed by atoms with E-state index < -0.39 is 29.2 Å². The third-order valence-corrected chi connectivity index (χ3v) is 5.16. The van der Waals surface area contributed by atoms with Crippen LogP contribution in [0, 0.1) is 11.6 Å². The van der Waals surface area contributed by atoms with Crippen LogP contribution in [-0.2, 0) is 0 Å². The molecule has 0 spiro atoms. The quantitative estimate of drug-likeness (QED) is 0.255. The summed E-state index contributed by atoms with van der Waals surface area (Å²) >= 11 is 0. The number of aromatic nitrogens is 3. The van der Waals surface area contributed by atoms with Crippen molar-refractivity contribution in [2.24, 2.45) is 10.7 Å². The summed E-state index contributed by atoms with van der Waals surface area (Å²) in [5.41, 5.74) is 6.15. The monoisotopic (exact) mass is 545 g/mol. The second kappa shape index (κ2) is 10.8. The molecule has 2 N–H and O–H groups in total. The number of hydrogen-bond donors (Lipinski definition) is 1. The molecule has 202 valence electrons. The van der Waals surface area contributed by atoms with Crippen LogP contribution < -0.4 is 20.6 Å². The standard InChI is InChI=1S/C26H20F5N5O3/c1-15(32)10-21(33-16-4-3-5-18(11-16)39-26(29,30)31)25-23(37)8-9-36(34-25)22-7-6-17(12-24(22)38-2)35-13-19(27)20(28)14-35/h3-14H,32H2,1-2H3. The number of nitrogens with zero attached hydrogens (tertiary/aromatic N) is 4. The van der Waals surface area contributed by atoms with Crippen LogP contribution in [0.15, 0.2) is 88.7 Å². The molecule has 39 heavy (non-hydrogen) atoms. The van der Waals surface area contributed by atoms with Crippen molar-refractivity contribution >= 4 is 11.4 Å². The third-order valence-electron chi connectivity index (χ3n) is 5.16. The van der Waals surface area contributed by atoms with Crippen LogP contribution >= 0.6 is 0 Å². The molecule has 0 atom stereocenters. The maximum Gasteiger partial charge on any atom is 0.573 e. The molecule has 0 saturated heterocycles. The van der Waals surface area contributed by atoms with E-state index >= 15 is 0 Å². The fourth-order valence-electron chi connectivity index (χ4n) is 3.55. The summed E-state index contributed by atoms with van der Waals surface area (Å²) in [4.78, 5) is 17.1. The number of rotatable bonds is 7. The number of hydrogen-bond acceptors (Lipinski definition) is 6. The van der Waals surface area contributed by atoms with Gasteiger partial charge in [-0.15, -0.1) is 13.2 Å². The summed E-state index contributed by atoms with van der Waals surface area (Å²) in [6, 6.07) is 10.7. The molecule has 0 fully saturated rings. The highest BCUT2D eigenvalue weighted by atomic mass is 19.4. The Labute approximate surface area is 218 Å². The zero-order valence-electron chi connectivity index (χ0n) is 20.4. The number of halogens is 5. The van der Waals surface area contributed by atoms with Gasteiger partial charge < -0.3 is 19.8 Å². The first kappa shape index (κ1) is 27.1. The predicted molar refractivity (Wildman–Crippen MR) is 133 cm³/mol. The Hall–Kier alpha value is -4.94. The molecule has 2 heterocycles. The maximum absolute atomic E-state index is 13.5. The summed E-state index contributed by atoms with van der Waals surface area (Å²) in [5.74, 6) is -2.28. The van der Waals surface area contributed by atoms with Crippen LogP contribution in [0.1, 0.15) is 12.6 Å². The normalized spacial score (nSPS) is 12.5. The van der Waals surface area contributed by atoms with Gasteiger partial charge in [0.25, 0.3) is 0 Å². The van der Waals surface area contributed by atoms with Crippen molar-refractivity contribution in [3.63, 3.8) is 0 Å². The molecule has 4 aromatic rings. The van der Waals surface area contributed by atoms with Gasteiger partial charge in [-0.1, -0.05) is 6.07 Å². The SMILES string of the molecule is COc1cc(-n2cc(F)c(F)c2)ccc1-n1ccc(=O)c(C(C=C(C)N)=Nc2cccc(OC(F)(F)F)c2)n1. The Morgan fingerprint density at radius 3 is 2.44 bits per heavy atom. The molecule has 8 nitrogen and oxygen atoms in total. The van der Waals surface area contributed by atoms with Gasteiger partial charge in [0.05, 0.1) is 18.5 Å². The number of methoxy groups -OCH3 is 1. The zero-order valence-corrected chi connectivity index (χ0v) is 20.4. The van der Waals surface area contributed by atoms with E-state index in [1.807, 2.05) is 0 Å². The molecule has 0 aliphatic carbocycles. The molecule has 0 bridgehead atoms. The molecule has 4 rings (SSSR count). The number of nitrogens with two attached hydrogens (primary N) is 1. The summed E-state index contributed by atoms with van der Waals surface area (Å²) in [5, 5.41) is 4.36. The van der Waals surface area contributed by atoms with Gasteiger partial charge in [-0.3, -0.25) is 4.79 Å². The van der Waals surface area contributed by atoms with E-state index in [1.54, 1.807) is 12.1 Å². The maximum atomic E-state index is 13.5. The Bertz CT molecular complexity index is 1620. The molecule has 0 amide bonds. The van der Waals surface area contributed by atoms with E-state index in [-0.39, 0.29) is 28.5 Å². The second-order valence-corrected chi connectivity index (χ2v) is 8.12. The van der Waals surface area contributed by atoms with Gasteiger partial charge in [0.1, 0.15) is 17.2 Å². The molecule has 2 aromatic heterocycles. The second-order valence-electron chi connectivity index (χ2n) is 8.12. The number of benzene rings is 2. The first-order valence-corrected chi connectivity index (χ1v) is 11.1. The van der Waals surface area contributed by atoms with Gasteiger partial charge in [0.15, 0.2) is 17.3 Å². The van der Waals surface area contributed by atoms with Crippen molar-refractivity contribution in [3.05, 3.63) is 106 Å². The molecule has 0 radical (unpaired) electrons. The van der Waals surface area contributed by atoms with Crippen molar-refractivity contribution in [1.29, 1.82) is 0 Å². The lowest BCUT2D eigenvalue weighted by molar-refractivity contribution is -0.274. The Morgan fingerprint density at radius 2 is 1.79 bits per heavy atom. The minimum absolute atomic E-state index is 0.0209. The summed E-state index contributed by atoms with van der Waals surface area (Å²) in [7, 11) is 1.38. The van der Waals surface area contributed by atoms with E-state index in [1.165, 1.54) is 59.8 Å². The van der Waals surface area contributed by atoms with Crippen LogP contribution in [0.25, 0.3) is 11.4 Å². The highest BCUT2D eigenvalue weighted by Gasteiger charge is 2.31. The molecule has 2 aromatic carbocycles.